The average molecular weight is 516 g/mol. The summed E-state index contributed by atoms with van der Waals surface area (Å²) < 4.78 is 33.2. The van der Waals surface area contributed by atoms with Crippen LogP contribution in [0.15, 0.2) is 29.4 Å². The maximum atomic E-state index is 13.1. The van der Waals surface area contributed by atoms with Gasteiger partial charge in [-0.15, -0.1) is 0 Å². The van der Waals surface area contributed by atoms with E-state index in [2.05, 4.69) is 15.3 Å². The number of aromatic nitrogens is 2. The lowest BCUT2D eigenvalue weighted by Crippen LogP contribution is -2.56. The highest BCUT2D eigenvalue weighted by Gasteiger charge is 2.57. The maximum Gasteiger partial charge on any atom is 0.276 e. The van der Waals surface area contributed by atoms with Crippen LogP contribution in [0.3, 0.4) is 0 Å². The Balaban J connectivity index is 1.44. The van der Waals surface area contributed by atoms with E-state index >= 15 is 0 Å². The van der Waals surface area contributed by atoms with Crippen LogP contribution in [-0.2, 0) is 5.54 Å². The molecule has 2 aromatic rings. The van der Waals surface area contributed by atoms with E-state index < -0.39 is 32.0 Å². The van der Waals surface area contributed by atoms with E-state index in [9.17, 15) is 13.9 Å². The Kier molecular flexibility index (Phi) is 5.92. The highest BCUT2D eigenvalue weighted by atomic mass is 32.3. The van der Waals surface area contributed by atoms with Gasteiger partial charge in [-0.25, -0.2) is 9.97 Å². The Morgan fingerprint density at radius 3 is 2.72 bits per heavy atom. The molecule has 0 radical (unpaired) electrons. The SMILES string of the molecule is Cc1nc(OCC2CC2)cnc1C(=O)Nc1ccc2c(c1)[C@@]1(C)N=C(N)C(C)(C)S(O)(O)[C@@H]1CCO2. The summed E-state index contributed by atoms with van der Waals surface area (Å²) >= 11 is 0. The van der Waals surface area contributed by atoms with Gasteiger partial charge in [0.25, 0.3) is 5.91 Å². The highest BCUT2D eigenvalue weighted by molar-refractivity contribution is 8.26. The Morgan fingerprint density at radius 2 is 2.03 bits per heavy atom. The van der Waals surface area contributed by atoms with Crippen molar-refractivity contribution < 1.29 is 23.4 Å². The number of nitrogens with one attached hydrogen (secondary N) is 1. The zero-order valence-corrected chi connectivity index (χ0v) is 21.8. The first kappa shape index (κ1) is 24.8. The van der Waals surface area contributed by atoms with Crippen LogP contribution in [0, 0.1) is 12.8 Å². The quantitative estimate of drug-likeness (QED) is 0.464. The van der Waals surface area contributed by atoms with Gasteiger partial charge in [-0.1, -0.05) is 0 Å². The summed E-state index contributed by atoms with van der Waals surface area (Å²) in [4.78, 5) is 26.5. The van der Waals surface area contributed by atoms with Crippen LogP contribution in [0.1, 0.15) is 61.8 Å². The molecule has 2 atom stereocenters. The van der Waals surface area contributed by atoms with Crippen molar-refractivity contribution >= 4 is 28.0 Å². The molecule has 1 saturated carbocycles. The van der Waals surface area contributed by atoms with Gasteiger partial charge < -0.3 is 20.5 Å². The van der Waals surface area contributed by atoms with Gasteiger partial charge in [0.15, 0.2) is 0 Å². The van der Waals surface area contributed by atoms with Gasteiger partial charge >= 0.3 is 0 Å². The second-order valence-electron chi connectivity index (χ2n) is 10.4. The molecule has 1 aromatic carbocycles. The number of aliphatic imine (C=N–C) groups is 1. The summed E-state index contributed by atoms with van der Waals surface area (Å²) in [5.74, 6) is 1.33. The number of carbonyl (C=O) groups is 1. The van der Waals surface area contributed by atoms with Crippen LogP contribution in [-0.4, -0.2) is 54.0 Å². The fraction of sp³-hybridized carbons (Fsp3) is 0.520. The van der Waals surface area contributed by atoms with Gasteiger partial charge in [0.1, 0.15) is 27.6 Å². The predicted octanol–water partition coefficient (Wildman–Crippen LogP) is 4.09. The second kappa shape index (κ2) is 8.60. The maximum absolute atomic E-state index is 13.1. The molecule has 5 rings (SSSR count). The summed E-state index contributed by atoms with van der Waals surface area (Å²) in [5, 5.41) is 2.27. The van der Waals surface area contributed by atoms with Crippen molar-refractivity contribution in [1.29, 1.82) is 0 Å². The largest absolute Gasteiger partial charge is 0.493 e. The molecule has 3 heterocycles. The number of hydrogen-bond donors (Lipinski definition) is 4. The van der Waals surface area contributed by atoms with Gasteiger partial charge in [-0.2, -0.15) is 10.6 Å². The molecule has 5 N–H and O–H groups in total. The van der Waals surface area contributed by atoms with Crippen LogP contribution in [0.25, 0.3) is 0 Å². The fourth-order valence-electron chi connectivity index (χ4n) is 4.80. The number of benzene rings is 1. The van der Waals surface area contributed by atoms with E-state index in [4.69, 9.17) is 20.2 Å². The summed E-state index contributed by atoms with van der Waals surface area (Å²) in [6.45, 7) is 7.89. The molecule has 194 valence electrons. The zero-order chi connectivity index (χ0) is 25.9. The molecule has 3 aliphatic rings. The van der Waals surface area contributed by atoms with Crippen molar-refractivity contribution in [3.8, 4) is 11.6 Å². The molecule has 1 aromatic heterocycles. The van der Waals surface area contributed by atoms with Crippen LogP contribution in [0.5, 0.6) is 11.6 Å². The molecule has 0 saturated heterocycles. The second-order valence-corrected chi connectivity index (χ2v) is 13.2. The third-order valence-electron chi connectivity index (χ3n) is 7.47. The Labute approximate surface area is 212 Å². The lowest BCUT2D eigenvalue weighted by Gasteiger charge is -2.58. The molecule has 11 heteroatoms. The number of fused-ring (bicyclic) bond motifs is 3. The lowest BCUT2D eigenvalue weighted by atomic mass is 9.86. The van der Waals surface area contributed by atoms with Gasteiger partial charge in [-0.05, 0) is 64.7 Å². The van der Waals surface area contributed by atoms with Gasteiger partial charge in [0.05, 0.1) is 30.4 Å². The van der Waals surface area contributed by atoms with E-state index in [0.717, 1.165) is 0 Å². The van der Waals surface area contributed by atoms with Gasteiger partial charge in [-0.3, -0.25) is 18.9 Å². The predicted molar refractivity (Wildman–Crippen MR) is 139 cm³/mol. The minimum absolute atomic E-state index is 0.179. The van der Waals surface area contributed by atoms with Gasteiger partial charge in [0.2, 0.25) is 5.88 Å². The Morgan fingerprint density at radius 1 is 1.28 bits per heavy atom. The van der Waals surface area contributed by atoms with Crippen molar-refractivity contribution in [3.63, 3.8) is 0 Å². The summed E-state index contributed by atoms with van der Waals surface area (Å²) in [5.41, 5.74) is 7.01. The first-order valence-corrected chi connectivity index (χ1v) is 13.7. The Hall–Kier alpha value is -2.89. The van der Waals surface area contributed by atoms with E-state index in [-0.39, 0.29) is 11.5 Å². The molecule has 1 fully saturated rings. The summed E-state index contributed by atoms with van der Waals surface area (Å²) in [6.07, 6.45) is 4.21. The number of hydrogen-bond acceptors (Lipinski definition) is 9. The van der Waals surface area contributed by atoms with E-state index in [1.54, 1.807) is 39.0 Å². The van der Waals surface area contributed by atoms with Crippen LogP contribution < -0.4 is 20.5 Å². The third kappa shape index (κ3) is 4.08. The zero-order valence-electron chi connectivity index (χ0n) is 20.9. The molecule has 1 amide bonds. The number of nitrogens with zero attached hydrogens (tertiary/aromatic N) is 3. The third-order valence-corrected chi connectivity index (χ3v) is 10.7. The number of amidine groups is 1. The minimum atomic E-state index is -3.18. The number of rotatable bonds is 5. The smallest absolute Gasteiger partial charge is 0.276 e. The number of nitrogens with two attached hydrogens (primary N) is 1. The van der Waals surface area contributed by atoms with Gasteiger partial charge in [0, 0.05) is 17.7 Å². The molecular formula is C25H33N5O5S. The first-order valence-electron chi connectivity index (χ1n) is 12.1. The van der Waals surface area contributed by atoms with Crippen molar-refractivity contribution in [1.82, 2.24) is 9.97 Å². The van der Waals surface area contributed by atoms with Crippen molar-refractivity contribution in [3.05, 3.63) is 41.3 Å². The van der Waals surface area contributed by atoms with Crippen molar-refractivity contribution in [2.75, 3.05) is 18.5 Å². The number of amides is 1. The average Bonchev–Trinajstić information content (AvgIpc) is 3.65. The molecule has 10 nitrogen and oxygen atoms in total. The molecule has 1 aliphatic carbocycles. The molecular weight excluding hydrogens is 482 g/mol. The summed E-state index contributed by atoms with van der Waals surface area (Å²) in [7, 11) is -3.18. The number of carbonyl (C=O) groups excluding carboxylic acids is 1. The Bertz CT molecular complexity index is 1250. The highest BCUT2D eigenvalue weighted by Crippen LogP contribution is 2.66. The molecule has 36 heavy (non-hydrogen) atoms. The molecule has 0 spiro atoms. The van der Waals surface area contributed by atoms with E-state index in [1.807, 2.05) is 6.92 Å². The van der Waals surface area contributed by atoms with Crippen molar-refractivity contribution in [2.45, 2.75) is 62.5 Å². The van der Waals surface area contributed by atoms with Crippen LogP contribution >= 0.6 is 10.6 Å². The van der Waals surface area contributed by atoms with Crippen molar-refractivity contribution in [2.24, 2.45) is 16.6 Å². The topological polar surface area (TPSA) is 152 Å². The molecule has 2 aliphatic heterocycles. The van der Waals surface area contributed by atoms with Crippen LogP contribution in [0.2, 0.25) is 0 Å². The first-order chi connectivity index (χ1) is 16.9. The number of aryl methyl sites for hydroxylation is 1. The van der Waals surface area contributed by atoms with E-state index in [1.165, 1.54) is 19.0 Å². The van der Waals surface area contributed by atoms with E-state index in [0.29, 0.717) is 54.1 Å². The number of anilines is 1. The minimum Gasteiger partial charge on any atom is -0.493 e. The molecule has 0 bridgehead atoms. The standard InChI is InChI=1S/C25H33N5O5S/c1-14-21(27-12-20(28-14)35-13-15-5-6-15)22(31)29-16-7-8-18-17(11-16)25(4)19(9-10-34-18)36(32,33)24(2,3)23(26)30-25/h7-8,11-12,15,19,32-33H,5-6,9-10,13H2,1-4H3,(H2,26,30)(H,29,31)/t19-,25-/m1/s1. The normalized spacial score (nSPS) is 26.8. The molecule has 0 unspecified atom stereocenters. The fourth-order valence-corrected chi connectivity index (χ4v) is 7.11. The van der Waals surface area contributed by atoms with Crippen LogP contribution in [0.4, 0.5) is 5.69 Å². The monoisotopic (exact) mass is 515 g/mol. The number of ether oxygens (including phenoxy) is 2. The summed E-state index contributed by atoms with van der Waals surface area (Å²) in [6, 6.07) is 5.24. The lowest BCUT2D eigenvalue weighted by molar-refractivity contribution is 0.102.